The summed E-state index contributed by atoms with van der Waals surface area (Å²) in [6.07, 6.45) is 9.98. The van der Waals surface area contributed by atoms with E-state index in [0.717, 1.165) is 38.0 Å². The maximum Gasteiger partial charge on any atom is 0.305 e. The number of hydrogen-bond donors (Lipinski definition) is 2. The summed E-state index contributed by atoms with van der Waals surface area (Å²) in [6.45, 7) is 4.79. The van der Waals surface area contributed by atoms with Gasteiger partial charge in [0.2, 0.25) is 0 Å². The van der Waals surface area contributed by atoms with Crippen molar-refractivity contribution in [3.05, 3.63) is 0 Å². The Morgan fingerprint density at radius 2 is 1.86 bits per heavy atom. The zero-order valence-electron chi connectivity index (χ0n) is 18.0. The summed E-state index contributed by atoms with van der Waals surface area (Å²) in [5.74, 6) is 4.10. The molecule has 4 saturated carbocycles. The summed E-state index contributed by atoms with van der Waals surface area (Å²) in [6, 6.07) is 0. The number of ether oxygens (including phenoxy) is 1. The molecule has 0 bridgehead atoms. The van der Waals surface area contributed by atoms with Gasteiger partial charge in [0, 0.05) is 6.42 Å². The highest BCUT2D eigenvalue weighted by molar-refractivity contribution is 5.69. The predicted octanol–water partition coefficient (Wildman–Crippen LogP) is 4.18. The Kier molecular flexibility index (Phi) is 5.83. The largest absolute Gasteiger partial charge is 0.469 e. The molecule has 160 valence electrons. The molecule has 10 atom stereocenters. The van der Waals surface area contributed by atoms with Gasteiger partial charge in [0.15, 0.2) is 0 Å². The molecular formula is C24H40O4. The highest BCUT2D eigenvalue weighted by Crippen LogP contribution is 2.64. The van der Waals surface area contributed by atoms with Gasteiger partial charge in [-0.1, -0.05) is 13.8 Å². The molecular weight excluding hydrogens is 352 g/mol. The Bertz CT molecular complexity index is 577. The summed E-state index contributed by atoms with van der Waals surface area (Å²) in [5, 5.41) is 21.4. The van der Waals surface area contributed by atoms with Crippen molar-refractivity contribution < 1.29 is 19.7 Å². The van der Waals surface area contributed by atoms with Gasteiger partial charge in [0.25, 0.3) is 0 Å². The number of carbonyl (C=O) groups excluding carboxylic acids is 1. The Morgan fingerprint density at radius 1 is 1.11 bits per heavy atom. The molecule has 4 aliphatic carbocycles. The number of hydrogen-bond acceptors (Lipinski definition) is 4. The first kappa shape index (κ1) is 20.7. The number of rotatable bonds is 4. The van der Waals surface area contributed by atoms with Gasteiger partial charge >= 0.3 is 5.97 Å². The lowest BCUT2D eigenvalue weighted by atomic mass is 9.46. The number of esters is 1. The fourth-order valence-electron chi connectivity index (χ4n) is 8.29. The second kappa shape index (κ2) is 7.91. The molecule has 4 heteroatoms. The van der Waals surface area contributed by atoms with Gasteiger partial charge in [-0.15, -0.1) is 0 Å². The summed E-state index contributed by atoms with van der Waals surface area (Å²) >= 11 is 0. The van der Waals surface area contributed by atoms with Crippen molar-refractivity contribution in [2.45, 2.75) is 90.3 Å². The Labute approximate surface area is 170 Å². The number of methoxy groups -OCH3 is 1. The minimum atomic E-state index is -0.190. The normalized spacial score (nSPS) is 48.9. The van der Waals surface area contributed by atoms with Crippen molar-refractivity contribution in [3.8, 4) is 0 Å². The molecule has 0 aromatic rings. The third-order valence-corrected chi connectivity index (χ3v) is 9.79. The van der Waals surface area contributed by atoms with Gasteiger partial charge < -0.3 is 14.9 Å². The van der Waals surface area contributed by atoms with Crippen LogP contribution in [0, 0.1) is 46.8 Å². The van der Waals surface area contributed by atoms with Gasteiger partial charge in [-0.05, 0) is 105 Å². The van der Waals surface area contributed by atoms with Gasteiger partial charge in [-0.25, -0.2) is 0 Å². The average Bonchev–Trinajstić information content (AvgIpc) is 3.11. The van der Waals surface area contributed by atoms with E-state index in [1.165, 1.54) is 32.8 Å². The van der Waals surface area contributed by atoms with Gasteiger partial charge in [0.05, 0.1) is 19.3 Å². The molecule has 10 unspecified atom stereocenters. The lowest BCUT2D eigenvalue weighted by molar-refractivity contribution is -0.158. The van der Waals surface area contributed by atoms with Crippen LogP contribution in [0.15, 0.2) is 0 Å². The first-order chi connectivity index (χ1) is 13.3. The van der Waals surface area contributed by atoms with Crippen LogP contribution in [-0.4, -0.2) is 35.5 Å². The third kappa shape index (κ3) is 3.43. The van der Waals surface area contributed by atoms with E-state index >= 15 is 0 Å². The summed E-state index contributed by atoms with van der Waals surface area (Å²) < 4.78 is 4.83. The standard InChI is InChI=1S/C24H40O4/c1-14(4-9-22(27)28-3)17-5-6-19-18(17)7-8-20-23(19)21(26)13-15-12-16(25)10-11-24(15,20)2/h14-21,23,25-26H,4-13H2,1-3H3. The van der Waals surface area contributed by atoms with E-state index in [9.17, 15) is 15.0 Å². The highest BCUT2D eigenvalue weighted by atomic mass is 16.5. The van der Waals surface area contributed by atoms with Crippen LogP contribution in [0.3, 0.4) is 0 Å². The smallest absolute Gasteiger partial charge is 0.305 e. The van der Waals surface area contributed by atoms with Crippen LogP contribution >= 0.6 is 0 Å². The maximum atomic E-state index is 11.6. The van der Waals surface area contributed by atoms with E-state index in [0.29, 0.717) is 47.3 Å². The fourth-order valence-corrected chi connectivity index (χ4v) is 8.29. The van der Waals surface area contributed by atoms with Crippen LogP contribution in [0.5, 0.6) is 0 Å². The SMILES string of the molecule is COC(=O)CCC(C)C1CCC2C1CCC1C2C(O)CC2CC(O)CCC21C. The molecule has 0 amide bonds. The van der Waals surface area contributed by atoms with Crippen molar-refractivity contribution in [1.82, 2.24) is 0 Å². The van der Waals surface area contributed by atoms with E-state index in [2.05, 4.69) is 13.8 Å². The van der Waals surface area contributed by atoms with E-state index in [4.69, 9.17) is 4.74 Å². The second-order valence-corrected chi connectivity index (χ2v) is 10.9. The maximum absolute atomic E-state index is 11.6. The van der Waals surface area contributed by atoms with Crippen molar-refractivity contribution in [3.63, 3.8) is 0 Å². The molecule has 4 fully saturated rings. The zero-order chi connectivity index (χ0) is 20.1. The van der Waals surface area contributed by atoms with Crippen LogP contribution < -0.4 is 0 Å². The topological polar surface area (TPSA) is 66.8 Å². The average molecular weight is 393 g/mol. The lowest BCUT2D eigenvalue weighted by Crippen LogP contribution is -2.56. The van der Waals surface area contributed by atoms with Crippen LogP contribution in [-0.2, 0) is 9.53 Å². The molecule has 0 radical (unpaired) electrons. The Balaban J connectivity index is 1.47. The van der Waals surface area contributed by atoms with E-state index < -0.39 is 0 Å². The molecule has 4 nitrogen and oxygen atoms in total. The summed E-state index contributed by atoms with van der Waals surface area (Å²) in [4.78, 5) is 11.6. The summed E-state index contributed by atoms with van der Waals surface area (Å²) in [7, 11) is 1.47. The van der Waals surface area contributed by atoms with E-state index in [-0.39, 0.29) is 18.2 Å². The van der Waals surface area contributed by atoms with E-state index in [1.54, 1.807) is 0 Å². The van der Waals surface area contributed by atoms with Gasteiger partial charge in [-0.2, -0.15) is 0 Å². The molecule has 0 spiro atoms. The monoisotopic (exact) mass is 392 g/mol. The highest BCUT2D eigenvalue weighted by Gasteiger charge is 2.59. The van der Waals surface area contributed by atoms with Gasteiger partial charge in [0.1, 0.15) is 0 Å². The fraction of sp³-hybridized carbons (Fsp3) is 0.958. The first-order valence-corrected chi connectivity index (χ1v) is 11.8. The molecule has 0 aromatic heterocycles. The number of aliphatic hydroxyl groups excluding tert-OH is 2. The molecule has 4 rings (SSSR count). The quantitative estimate of drug-likeness (QED) is 0.705. The van der Waals surface area contributed by atoms with Crippen molar-refractivity contribution in [1.29, 1.82) is 0 Å². The van der Waals surface area contributed by atoms with E-state index in [1.807, 2.05) is 0 Å². The first-order valence-electron chi connectivity index (χ1n) is 11.8. The van der Waals surface area contributed by atoms with Crippen molar-refractivity contribution in [2.24, 2.45) is 46.8 Å². The molecule has 0 aromatic carbocycles. The molecule has 4 aliphatic rings. The molecule has 0 aliphatic heterocycles. The third-order valence-electron chi connectivity index (χ3n) is 9.79. The lowest BCUT2D eigenvalue weighted by Gasteiger charge is -2.60. The van der Waals surface area contributed by atoms with Crippen molar-refractivity contribution in [2.75, 3.05) is 7.11 Å². The second-order valence-electron chi connectivity index (χ2n) is 10.9. The van der Waals surface area contributed by atoms with Crippen LogP contribution in [0.1, 0.15) is 78.1 Å². The molecule has 2 N–H and O–H groups in total. The predicted molar refractivity (Wildman–Crippen MR) is 108 cm³/mol. The van der Waals surface area contributed by atoms with Crippen LogP contribution in [0.4, 0.5) is 0 Å². The Morgan fingerprint density at radius 3 is 2.61 bits per heavy atom. The number of aliphatic hydroxyl groups is 2. The van der Waals surface area contributed by atoms with Crippen LogP contribution in [0.2, 0.25) is 0 Å². The minimum absolute atomic E-state index is 0.0914. The minimum Gasteiger partial charge on any atom is -0.469 e. The Hall–Kier alpha value is -0.610. The summed E-state index contributed by atoms with van der Waals surface area (Å²) in [5.41, 5.74) is 0.308. The molecule has 0 heterocycles. The molecule has 0 saturated heterocycles. The van der Waals surface area contributed by atoms with Crippen molar-refractivity contribution >= 4 is 5.97 Å². The zero-order valence-corrected chi connectivity index (χ0v) is 18.0. The van der Waals surface area contributed by atoms with Gasteiger partial charge in [-0.3, -0.25) is 4.79 Å². The number of fused-ring (bicyclic) bond motifs is 5. The molecule has 28 heavy (non-hydrogen) atoms. The van der Waals surface area contributed by atoms with Crippen LogP contribution in [0.25, 0.3) is 0 Å². The number of carbonyl (C=O) groups is 1.